The Balaban J connectivity index is 1.61. The Kier molecular flexibility index (Phi) is 4.97. The maximum Gasteiger partial charge on any atom is 0.246 e. The summed E-state index contributed by atoms with van der Waals surface area (Å²) in [6.45, 7) is 1.82. The quantitative estimate of drug-likeness (QED) is 0.712. The normalized spacial score (nSPS) is 13.4. The second-order valence-corrected chi connectivity index (χ2v) is 6.07. The number of nitrogens with one attached hydrogen (secondary N) is 1. The highest BCUT2D eigenvalue weighted by Crippen LogP contribution is 2.16. The van der Waals surface area contributed by atoms with Crippen LogP contribution in [0.4, 0.5) is 0 Å². The number of amides is 1. The minimum absolute atomic E-state index is 0.139. The molecule has 3 aromatic rings. The predicted molar refractivity (Wildman–Crippen MR) is 90.3 cm³/mol. The second kappa shape index (κ2) is 7.33. The number of nitrogens with zero attached hydrogens (tertiary/aromatic N) is 4. The third kappa shape index (κ3) is 3.66. The number of aliphatic hydroxyl groups excluding tert-OH is 1. The SMILES string of the molecule is CC(C(=O)NCC(O)c1ccsc1)n1nnc(-c2ccccc2)n1. The van der Waals surface area contributed by atoms with Gasteiger partial charge < -0.3 is 10.4 Å². The Morgan fingerprint density at radius 2 is 2.12 bits per heavy atom. The van der Waals surface area contributed by atoms with Crippen LogP contribution in [-0.2, 0) is 4.79 Å². The molecule has 0 radical (unpaired) electrons. The molecule has 2 heterocycles. The molecule has 0 aliphatic heterocycles. The number of carbonyl (C=O) groups is 1. The van der Waals surface area contributed by atoms with Gasteiger partial charge >= 0.3 is 0 Å². The molecule has 8 heteroatoms. The summed E-state index contributed by atoms with van der Waals surface area (Å²) in [6.07, 6.45) is -0.726. The lowest BCUT2D eigenvalue weighted by Gasteiger charge is -2.13. The minimum Gasteiger partial charge on any atom is -0.387 e. The molecule has 2 N–H and O–H groups in total. The van der Waals surface area contributed by atoms with Gasteiger partial charge in [-0.3, -0.25) is 4.79 Å². The third-order valence-corrected chi connectivity index (χ3v) is 4.29. The van der Waals surface area contributed by atoms with Crippen molar-refractivity contribution in [3.05, 3.63) is 52.7 Å². The molecule has 0 bridgehead atoms. The lowest BCUT2D eigenvalue weighted by Crippen LogP contribution is -2.34. The van der Waals surface area contributed by atoms with Crippen LogP contribution in [0.2, 0.25) is 0 Å². The molecule has 0 saturated carbocycles. The van der Waals surface area contributed by atoms with Crippen LogP contribution in [-0.4, -0.2) is 37.8 Å². The fourth-order valence-corrected chi connectivity index (χ4v) is 2.83. The number of benzene rings is 1. The summed E-state index contributed by atoms with van der Waals surface area (Å²) < 4.78 is 0. The van der Waals surface area contributed by atoms with Crippen LogP contribution in [0.25, 0.3) is 11.4 Å². The molecule has 0 saturated heterocycles. The van der Waals surface area contributed by atoms with E-state index >= 15 is 0 Å². The van der Waals surface area contributed by atoms with Crippen LogP contribution in [0.5, 0.6) is 0 Å². The van der Waals surface area contributed by atoms with Gasteiger partial charge in [-0.15, -0.1) is 10.2 Å². The molecule has 2 atom stereocenters. The third-order valence-electron chi connectivity index (χ3n) is 3.58. The lowest BCUT2D eigenvalue weighted by atomic mass is 10.2. The van der Waals surface area contributed by atoms with E-state index in [1.165, 1.54) is 16.1 Å². The number of aliphatic hydroxyl groups is 1. The Morgan fingerprint density at radius 1 is 1.33 bits per heavy atom. The van der Waals surface area contributed by atoms with Crippen molar-refractivity contribution in [3.8, 4) is 11.4 Å². The summed E-state index contributed by atoms with van der Waals surface area (Å²) in [5.74, 6) is 0.190. The highest BCUT2D eigenvalue weighted by atomic mass is 32.1. The van der Waals surface area contributed by atoms with E-state index in [4.69, 9.17) is 0 Å². The van der Waals surface area contributed by atoms with Crippen molar-refractivity contribution in [1.82, 2.24) is 25.5 Å². The first kappa shape index (κ1) is 16.3. The van der Waals surface area contributed by atoms with E-state index in [1.807, 2.05) is 47.2 Å². The summed E-state index contributed by atoms with van der Waals surface area (Å²) >= 11 is 1.50. The smallest absolute Gasteiger partial charge is 0.246 e. The van der Waals surface area contributed by atoms with Crippen LogP contribution in [0.15, 0.2) is 47.2 Å². The van der Waals surface area contributed by atoms with E-state index in [-0.39, 0.29) is 12.5 Å². The molecule has 3 rings (SSSR count). The summed E-state index contributed by atoms with van der Waals surface area (Å²) in [4.78, 5) is 13.5. The summed E-state index contributed by atoms with van der Waals surface area (Å²) in [5.41, 5.74) is 1.63. The van der Waals surface area contributed by atoms with E-state index in [0.29, 0.717) is 5.82 Å². The van der Waals surface area contributed by atoms with Gasteiger partial charge in [0.2, 0.25) is 11.7 Å². The highest BCUT2D eigenvalue weighted by molar-refractivity contribution is 7.07. The first-order chi connectivity index (χ1) is 11.6. The fraction of sp³-hybridized carbons (Fsp3) is 0.250. The Labute approximate surface area is 142 Å². The van der Waals surface area contributed by atoms with E-state index in [9.17, 15) is 9.90 Å². The summed E-state index contributed by atoms with van der Waals surface area (Å²) in [7, 11) is 0. The number of tetrazole rings is 1. The molecule has 1 aromatic carbocycles. The number of thiophene rings is 1. The molecule has 0 spiro atoms. The molecule has 1 amide bonds. The van der Waals surface area contributed by atoms with Crippen molar-refractivity contribution in [2.24, 2.45) is 0 Å². The Morgan fingerprint density at radius 3 is 2.83 bits per heavy atom. The number of carbonyl (C=O) groups excluding carboxylic acids is 1. The van der Waals surface area contributed by atoms with Gasteiger partial charge in [0.25, 0.3) is 0 Å². The predicted octanol–water partition coefficient (Wildman–Crippen LogP) is 1.81. The van der Waals surface area contributed by atoms with Crippen LogP contribution in [0, 0.1) is 0 Å². The van der Waals surface area contributed by atoms with Gasteiger partial charge in [-0.2, -0.15) is 16.1 Å². The van der Waals surface area contributed by atoms with Gasteiger partial charge in [-0.05, 0) is 34.5 Å². The molecular weight excluding hydrogens is 326 g/mol. The molecule has 124 valence electrons. The summed E-state index contributed by atoms with van der Waals surface area (Å²) in [5, 5.41) is 28.6. The highest BCUT2D eigenvalue weighted by Gasteiger charge is 2.19. The van der Waals surface area contributed by atoms with Crippen LogP contribution in [0.3, 0.4) is 0 Å². The molecule has 0 fully saturated rings. The largest absolute Gasteiger partial charge is 0.387 e. The monoisotopic (exact) mass is 343 g/mol. The molecule has 24 heavy (non-hydrogen) atoms. The van der Waals surface area contributed by atoms with E-state index in [0.717, 1.165) is 11.1 Å². The van der Waals surface area contributed by atoms with E-state index < -0.39 is 12.1 Å². The average molecular weight is 343 g/mol. The zero-order chi connectivity index (χ0) is 16.9. The van der Waals surface area contributed by atoms with Gasteiger partial charge in [0.1, 0.15) is 6.04 Å². The molecule has 7 nitrogen and oxygen atoms in total. The lowest BCUT2D eigenvalue weighted by molar-refractivity contribution is -0.124. The second-order valence-electron chi connectivity index (χ2n) is 5.29. The Bertz CT molecular complexity index is 788. The molecule has 2 unspecified atom stereocenters. The number of rotatable bonds is 6. The topological polar surface area (TPSA) is 92.9 Å². The maximum absolute atomic E-state index is 12.2. The van der Waals surface area contributed by atoms with E-state index in [2.05, 4.69) is 20.7 Å². The Hall–Kier alpha value is -2.58. The molecule has 0 aliphatic rings. The molecular formula is C16H17N5O2S. The fourth-order valence-electron chi connectivity index (χ4n) is 2.12. The van der Waals surface area contributed by atoms with Crippen molar-refractivity contribution < 1.29 is 9.90 Å². The van der Waals surface area contributed by atoms with Crippen molar-refractivity contribution in [2.45, 2.75) is 19.1 Å². The first-order valence-electron chi connectivity index (χ1n) is 7.48. The van der Waals surface area contributed by atoms with Crippen molar-refractivity contribution >= 4 is 17.2 Å². The van der Waals surface area contributed by atoms with Gasteiger partial charge in [-0.1, -0.05) is 30.3 Å². The standard InChI is InChI=1S/C16H17N5O2S/c1-11(16(23)17-9-14(22)13-7-8-24-10-13)21-19-15(18-20-21)12-5-3-2-4-6-12/h2-8,10-11,14,22H,9H2,1H3,(H,17,23). The van der Waals surface area contributed by atoms with Gasteiger partial charge in [-0.25, -0.2) is 0 Å². The maximum atomic E-state index is 12.2. The minimum atomic E-state index is -0.726. The number of aromatic nitrogens is 4. The van der Waals surface area contributed by atoms with Crippen molar-refractivity contribution in [3.63, 3.8) is 0 Å². The number of hydrogen-bond acceptors (Lipinski definition) is 6. The van der Waals surface area contributed by atoms with E-state index in [1.54, 1.807) is 6.92 Å². The van der Waals surface area contributed by atoms with Crippen LogP contribution < -0.4 is 5.32 Å². The van der Waals surface area contributed by atoms with Crippen LogP contribution >= 0.6 is 11.3 Å². The zero-order valence-corrected chi connectivity index (χ0v) is 13.8. The molecule has 0 aliphatic carbocycles. The van der Waals surface area contributed by atoms with Gasteiger partial charge in [0.05, 0.1) is 6.10 Å². The van der Waals surface area contributed by atoms with Crippen LogP contribution in [0.1, 0.15) is 24.6 Å². The zero-order valence-electron chi connectivity index (χ0n) is 13.0. The number of hydrogen-bond donors (Lipinski definition) is 2. The van der Waals surface area contributed by atoms with Gasteiger partial charge in [0.15, 0.2) is 0 Å². The van der Waals surface area contributed by atoms with Crippen molar-refractivity contribution in [1.29, 1.82) is 0 Å². The van der Waals surface area contributed by atoms with Gasteiger partial charge in [0, 0.05) is 12.1 Å². The van der Waals surface area contributed by atoms with Crippen molar-refractivity contribution in [2.75, 3.05) is 6.54 Å². The summed E-state index contributed by atoms with van der Waals surface area (Å²) in [6, 6.07) is 10.6. The molecule has 2 aromatic heterocycles. The average Bonchev–Trinajstić information content (AvgIpc) is 3.31. The first-order valence-corrected chi connectivity index (χ1v) is 8.42.